The molecular formula is C40H51F3N10O9. The minimum Gasteiger partial charge on any atom is -0.379 e. The summed E-state index contributed by atoms with van der Waals surface area (Å²) in [6.07, 6.45) is 0.526. The highest BCUT2D eigenvalue weighted by Crippen LogP contribution is 2.37. The Hall–Kier alpha value is -6.00. The minimum atomic E-state index is -4.54. The quantitative estimate of drug-likeness (QED) is 0.0776. The second-order valence-corrected chi connectivity index (χ2v) is 14.4. The van der Waals surface area contributed by atoms with Crippen molar-refractivity contribution < 1.29 is 56.1 Å². The van der Waals surface area contributed by atoms with Crippen LogP contribution in [0.2, 0.25) is 0 Å². The van der Waals surface area contributed by atoms with Crippen LogP contribution >= 0.6 is 0 Å². The molecule has 336 valence electrons. The van der Waals surface area contributed by atoms with Crippen LogP contribution in [-0.2, 0) is 49.2 Å². The topological polar surface area (TPSA) is 235 Å². The molecule has 4 heterocycles. The number of benzene rings is 1. The number of amides is 6. The number of halogens is 3. The molecule has 2 fully saturated rings. The van der Waals surface area contributed by atoms with Gasteiger partial charge in [0.2, 0.25) is 35.4 Å². The summed E-state index contributed by atoms with van der Waals surface area (Å²) in [6.45, 7) is 2.08. The van der Waals surface area contributed by atoms with E-state index in [-0.39, 0.29) is 138 Å². The molecule has 3 aromatic rings. The van der Waals surface area contributed by atoms with E-state index >= 15 is 0 Å². The lowest BCUT2D eigenvalue weighted by atomic mass is 9.94. The number of aromatic nitrogens is 3. The van der Waals surface area contributed by atoms with E-state index in [9.17, 15) is 41.9 Å². The number of alkyl halides is 3. The number of hydrogen-bond acceptors (Lipinski definition) is 13. The molecule has 2 saturated heterocycles. The molecule has 62 heavy (non-hydrogen) atoms. The Kier molecular flexibility index (Phi) is 17.7. The third-order valence-corrected chi connectivity index (χ3v) is 10.1. The van der Waals surface area contributed by atoms with Gasteiger partial charge in [-0.15, -0.1) is 0 Å². The average molecular weight is 873 g/mol. The van der Waals surface area contributed by atoms with Crippen LogP contribution in [-0.4, -0.2) is 152 Å². The van der Waals surface area contributed by atoms with Gasteiger partial charge in [-0.05, 0) is 36.2 Å². The SMILES string of the molecule is CN1C(=O)C[C@H](C(=O)NCCC(=O)NCCOCC(=O)NCCOCCOCCC(=O)NCCN2CC[C@H](Nc3ncnc4ccc(C(F)(F)F)cc34)C2=O)[C@H]1c1cccnc1. The van der Waals surface area contributed by atoms with Crippen molar-refractivity contribution in [3.05, 3.63) is 60.2 Å². The predicted molar refractivity (Wildman–Crippen MR) is 215 cm³/mol. The smallest absolute Gasteiger partial charge is 0.379 e. The maximum absolute atomic E-state index is 13.3. The summed E-state index contributed by atoms with van der Waals surface area (Å²) >= 11 is 0. The van der Waals surface area contributed by atoms with Crippen molar-refractivity contribution in [3.63, 3.8) is 0 Å². The summed E-state index contributed by atoms with van der Waals surface area (Å²) in [7, 11) is 1.65. The molecule has 5 N–H and O–H groups in total. The molecule has 2 aromatic heterocycles. The summed E-state index contributed by atoms with van der Waals surface area (Å²) in [5, 5.41) is 13.9. The summed E-state index contributed by atoms with van der Waals surface area (Å²) in [6, 6.07) is 5.60. The Balaban J connectivity index is 0.812. The predicted octanol–water partition coefficient (Wildman–Crippen LogP) is 0.571. The standard InChI is InChI=1S/C40H51F3N10O9/c1-52-35(57)22-29(36(52)26-3-2-9-44-23-26)38(58)48-10-6-32(54)46-13-18-62-24-34(56)47-12-17-61-20-19-60-16-8-33(55)45-11-15-53-14-7-31(39(53)59)51-37-28-21-27(40(41,42)43)4-5-30(28)49-25-50-37/h2-5,9,21,23,25,29,31,36H,6-8,10-20,22,24H2,1H3,(H,45,55)(H,46,54)(H,47,56)(H,48,58)(H,49,50,51)/t29-,31-,36+/m0/s1. The van der Waals surface area contributed by atoms with Gasteiger partial charge < -0.3 is 50.6 Å². The van der Waals surface area contributed by atoms with Crippen LogP contribution in [0.1, 0.15) is 42.9 Å². The van der Waals surface area contributed by atoms with Crippen LogP contribution in [0.3, 0.4) is 0 Å². The number of pyridine rings is 1. The van der Waals surface area contributed by atoms with E-state index in [2.05, 4.69) is 41.5 Å². The van der Waals surface area contributed by atoms with E-state index in [1.54, 1.807) is 30.4 Å². The number of carbonyl (C=O) groups is 6. The van der Waals surface area contributed by atoms with Gasteiger partial charge in [0.15, 0.2) is 0 Å². The molecule has 22 heteroatoms. The van der Waals surface area contributed by atoms with Crippen molar-refractivity contribution in [2.45, 2.75) is 43.9 Å². The Morgan fingerprint density at radius 2 is 1.56 bits per heavy atom. The monoisotopic (exact) mass is 872 g/mol. The third kappa shape index (κ3) is 14.0. The van der Waals surface area contributed by atoms with Crippen LogP contribution in [0.15, 0.2) is 49.1 Å². The van der Waals surface area contributed by atoms with E-state index in [1.165, 1.54) is 17.3 Å². The maximum atomic E-state index is 13.3. The molecule has 0 saturated carbocycles. The minimum absolute atomic E-state index is 0.0307. The molecule has 5 rings (SSSR count). The number of rotatable bonds is 24. The fourth-order valence-corrected chi connectivity index (χ4v) is 6.88. The van der Waals surface area contributed by atoms with Gasteiger partial charge in [0.25, 0.3) is 0 Å². The first-order chi connectivity index (χ1) is 29.8. The van der Waals surface area contributed by atoms with E-state index in [0.717, 1.165) is 17.7 Å². The zero-order valence-electron chi connectivity index (χ0n) is 34.2. The highest BCUT2D eigenvalue weighted by atomic mass is 19.4. The number of nitrogens with zero attached hydrogens (tertiary/aromatic N) is 5. The molecule has 0 bridgehead atoms. The largest absolute Gasteiger partial charge is 0.416 e. The fourth-order valence-electron chi connectivity index (χ4n) is 6.88. The van der Waals surface area contributed by atoms with Crippen molar-refractivity contribution in [1.82, 2.24) is 46.0 Å². The van der Waals surface area contributed by atoms with Crippen LogP contribution in [0.5, 0.6) is 0 Å². The second-order valence-electron chi connectivity index (χ2n) is 14.4. The van der Waals surface area contributed by atoms with Gasteiger partial charge in [-0.25, -0.2) is 9.97 Å². The summed E-state index contributed by atoms with van der Waals surface area (Å²) in [5.41, 5.74) is 0.229. The summed E-state index contributed by atoms with van der Waals surface area (Å²) in [5.74, 6) is -2.10. The summed E-state index contributed by atoms with van der Waals surface area (Å²) in [4.78, 5) is 89.8. The first kappa shape index (κ1) is 47.1. The number of hydrogen-bond donors (Lipinski definition) is 5. The molecule has 1 aromatic carbocycles. The molecule has 19 nitrogen and oxygen atoms in total. The van der Waals surface area contributed by atoms with Crippen LogP contribution in [0, 0.1) is 5.92 Å². The van der Waals surface area contributed by atoms with E-state index in [4.69, 9.17) is 14.2 Å². The lowest BCUT2D eigenvalue weighted by Gasteiger charge is -2.24. The molecule has 0 spiro atoms. The van der Waals surface area contributed by atoms with Gasteiger partial charge in [0.05, 0.1) is 56.1 Å². The van der Waals surface area contributed by atoms with Crippen molar-refractivity contribution in [1.29, 1.82) is 0 Å². The van der Waals surface area contributed by atoms with Gasteiger partial charge >= 0.3 is 6.18 Å². The van der Waals surface area contributed by atoms with Gasteiger partial charge in [0, 0.05) is 83.4 Å². The van der Waals surface area contributed by atoms with Gasteiger partial charge in [-0.3, -0.25) is 33.8 Å². The Labute approximate surface area is 355 Å². The van der Waals surface area contributed by atoms with E-state index in [1.807, 2.05) is 6.07 Å². The van der Waals surface area contributed by atoms with Crippen molar-refractivity contribution >= 4 is 52.2 Å². The van der Waals surface area contributed by atoms with E-state index in [0.29, 0.717) is 18.5 Å². The fraction of sp³-hybridized carbons (Fsp3) is 0.525. The Bertz CT molecular complexity index is 2010. The first-order valence-corrected chi connectivity index (χ1v) is 20.2. The molecule has 6 amide bonds. The van der Waals surface area contributed by atoms with Crippen molar-refractivity contribution in [2.24, 2.45) is 5.92 Å². The second kappa shape index (κ2) is 23.3. The molecule has 0 radical (unpaired) electrons. The lowest BCUT2D eigenvalue weighted by Crippen LogP contribution is -2.39. The average Bonchev–Trinajstić information content (AvgIpc) is 3.75. The van der Waals surface area contributed by atoms with E-state index < -0.39 is 29.7 Å². The number of nitrogens with one attached hydrogen (secondary N) is 5. The van der Waals surface area contributed by atoms with Gasteiger partial charge in [-0.1, -0.05) is 6.07 Å². The lowest BCUT2D eigenvalue weighted by molar-refractivity contribution is -0.137. The molecule has 2 aliphatic rings. The molecule has 2 aliphatic heterocycles. The summed E-state index contributed by atoms with van der Waals surface area (Å²) < 4.78 is 55.9. The molecular weight excluding hydrogens is 821 g/mol. The zero-order chi connectivity index (χ0) is 44.5. The maximum Gasteiger partial charge on any atom is 0.416 e. The normalized spacial score (nSPS) is 17.6. The van der Waals surface area contributed by atoms with Gasteiger partial charge in [0.1, 0.15) is 24.8 Å². The van der Waals surface area contributed by atoms with Crippen LogP contribution in [0.25, 0.3) is 10.9 Å². The highest BCUT2D eigenvalue weighted by Gasteiger charge is 2.42. The van der Waals surface area contributed by atoms with Crippen molar-refractivity contribution in [2.75, 3.05) is 91.3 Å². The number of carbonyl (C=O) groups excluding carboxylic acids is 6. The van der Waals surface area contributed by atoms with Crippen molar-refractivity contribution in [3.8, 4) is 0 Å². The number of fused-ring (bicyclic) bond motifs is 1. The third-order valence-electron chi connectivity index (χ3n) is 10.1. The number of ether oxygens (including phenoxy) is 3. The molecule has 0 aliphatic carbocycles. The van der Waals surface area contributed by atoms with Gasteiger partial charge in [-0.2, -0.15) is 13.2 Å². The Morgan fingerprint density at radius 1 is 0.839 bits per heavy atom. The first-order valence-electron chi connectivity index (χ1n) is 20.2. The number of anilines is 1. The number of likely N-dealkylation sites (tertiary alicyclic amines) is 2. The van der Waals surface area contributed by atoms with Crippen LogP contribution < -0.4 is 26.6 Å². The molecule has 0 unspecified atom stereocenters. The zero-order valence-corrected chi connectivity index (χ0v) is 34.2. The molecule has 3 atom stereocenters. The Morgan fingerprint density at radius 3 is 2.32 bits per heavy atom. The van der Waals surface area contributed by atoms with Crippen LogP contribution in [0.4, 0.5) is 19.0 Å². The highest BCUT2D eigenvalue weighted by molar-refractivity contribution is 5.93.